The van der Waals surface area contributed by atoms with E-state index in [-0.39, 0.29) is 48.6 Å². The number of aryl methyl sites for hydroxylation is 1. The van der Waals surface area contributed by atoms with Crippen LogP contribution in [0.4, 0.5) is 14.9 Å². The Labute approximate surface area is 186 Å². The largest absolute Gasteiger partial charge is 0.491 e. The number of nitrogens with zero attached hydrogens (tertiary/aromatic N) is 4. The van der Waals surface area contributed by atoms with Gasteiger partial charge in [0.2, 0.25) is 11.6 Å². The highest BCUT2D eigenvalue weighted by Gasteiger charge is 2.23. The Balaban J connectivity index is 1.66. The number of methoxy groups -OCH3 is 1. The molecule has 0 spiro atoms. The van der Waals surface area contributed by atoms with E-state index in [2.05, 4.69) is 14.8 Å². The van der Waals surface area contributed by atoms with Gasteiger partial charge in [0.05, 0.1) is 42.6 Å². The number of nitro groups is 1. The number of carbonyl (C=O) groups excluding carboxylic acids is 1. The molecule has 0 radical (unpaired) electrons. The van der Waals surface area contributed by atoms with Crippen LogP contribution < -0.4 is 19.9 Å². The summed E-state index contributed by atoms with van der Waals surface area (Å²) in [5.74, 6) is -0.556. The molecular formula is C20H20FN5O7. The third kappa shape index (κ3) is 5.92. The van der Waals surface area contributed by atoms with Crippen molar-refractivity contribution in [3.63, 3.8) is 0 Å². The summed E-state index contributed by atoms with van der Waals surface area (Å²) >= 11 is 0. The molecule has 1 aromatic carbocycles. The molecule has 12 nitrogen and oxygen atoms in total. The first-order valence-electron chi connectivity index (χ1n) is 9.48. The summed E-state index contributed by atoms with van der Waals surface area (Å²) in [5.41, 5.74) is 5.39. The number of ether oxygens (including phenoxy) is 4. The average Bonchev–Trinajstić information content (AvgIpc) is 3.20. The number of aromatic nitrogens is 3. The highest BCUT2D eigenvalue weighted by molar-refractivity contribution is 5.75. The van der Waals surface area contributed by atoms with E-state index in [1.54, 1.807) is 30.1 Å². The lowest BCUT2D eigenvalue weighted by molar-refractivity contribution is -0.385. The van der Waals surface area contributed by atoms with E-state index >= 15 is 0 Å². The summed E-state index contributed by atoms with van der Waals surface area (Å²) in [6.45, 7) is -0.210. The van der Waals surface area contributed by atoms with Gasteiger partial charge in [0.25, 0.3) is 0 Å². The number of carbonyl (C=O) groups is 1. The minimum Gasteiger partial charge on any atom is -0.491 e. The van der Waals surface area contributed by atoms with Crippen molar-refractivity contribution >= 4 is 11.8 Å². The number of hydrogen-bond acceptors (Lipinski definition) is 9. The Kier molecular flexibility index (Phi) is 7.35. The molecule has 174 valence electrons. The van der Waals surface area contributed by atoms with Gasteiger partial charge in [0.1, 0.15) is 23.9 Å². The molecule has 0 unspecified atom stereocenters. The molecule has 1 amide bonds. The Hall–Kier alpha value is -4.26. The van der Waals surface area contributed by atoms with Crippen molar-refractivity contribution in [1.82, 2.24) is 14.8 Å². The van der Waals surface area contributed by atoms with Crippen LogP contribution >= 0.6 is 0 Å². The standard InChI is InChI=1S/C20H20FN5O7/c1-25-6-5-15(24-25)13-9-12(10-17(26(28)29)19(13)30-2)32-8-7-31-11-16-14(21)3-4-18(23-16)33-20(22)27/h3-6,9-10H,7-8,11H2,1-2H3,(H2,22,27). The van der Waals surface area contributed by atoms with Crippen LogP contribution in [0.25, 0.3) is 11.3 Å². The topological polar surface area (TPSA) is 154 Å². The number of nitro benzene ring substituents is 1. The number of pyridine rings is 1. The number of halogens is 1. The number of benzene rings is 1. The summed E-state index contributed by atoms with van der Waals surface area (Å²) in [6, 6.07) is 6.71. The zero-order valence-corrected chi connectivity index (χ0v) is 17.7. The first kappa shape index (κ1) is 23.4. The molecule has 0 saturated heterocycles. The van der Waals surface area contributed by atoms with Gasteiger partial charge < -0.3 is 24.7 Å². The van der Waals surface area contributed by atoms with Crippen LogP contribution in [0.5, 0.6) is 17.4 Å². The van der Waals surface area contributed by atoms with E-state index in [4.69, 9.17) is 19.9 Å². The first-order chi connectivity index (χ1) is 15.8. The predicted octanol–water partition coefficient (Wildman–Crippen LogP) is 2.59. The van der Waals surface area contributed by atoms with E-state index < -0.39 is 16.8 Å². The molecule has 0 bridgehead atoms. The molecule has 0 fully saturated rings. The van der Waals surface area contributed by atoms with Gasteiger partial charge in [-0.1, -0.05) is 0 Å². The summed E-state index contributed by atoms with van der Waals surface area (Å²) in [4.78, 5) is 25.5. The molecule has 13 heteroatoms. The Morgan fingerprint density at radius 2 is 2.06 bits per heavy atom. The van der Waals surface area contributed by atoms with Crippen molar-refractivity contribution in [2.24, 2.45) is 12.8 Å². The van der Waals surface area contributed by atoms with Crippen molar-refractivity contribution < 1.29 is 33.1 Å². The molecule has 2 aromatic heterocycles. The van der Waals surface area contributed by atoms with Crippen molar-refractivity contribution in [1.29, 1.82) is 0 Å². The minimum absolute atomic E-state index is 0.00420. The molecule has 0 aliphatic heterocycles. The van der Waals surface area contributed by atoms with Crippen LogP contribution in [0.2, 0.25) is 0 Å². The fourth-order valence-corrected chi connectivity index (χ4v) is 2.88. The zero-order valence-electron chi connectivity index (χ0n) is 17.7. The summed E-state index contributed by atoms with van der Waals surface area (Å²) < 4.78 is 36.2. The second kappa shape index (κ2) is 10.4. The van der Waals surface area contributed by atoms with E-state index in [1.165, 1.54) is 13.2 Å². The van der Waals surface area contributed by atoms with Crippen molar-refractivity contribution in [3.05, 3.63) is 58.2 Å². The second-order valence-corrected chi connectivity index (χ2v) is 6.56. The van der Waals surface area contributed by atoms with Gasteiger partial charge in [-0.3, -0.25) is 14.8 Å². The molecule has 2 N–H and O–H groups in total. The monoisotopic (exact) mass is 461 g/mol. The van der Waals surface area contributed by atoms with Gasteiger partial charge in [-0.2, -0.15) is 5.10 Å². The van der Waals surface area contributed by atoms with E-state index in [1.807, 2.05) is 0 Å². The highest BCUT2D eigenvalue weighted by atomic mass is 19.1. The quantitative estimate of drug-likeness (QED) is 0.272. The summed E-state index contributed by atoms with van der Waals surface area (Å²) in [5, 5.41) is 15.8. The molecule has 3 rings (SSSR count). The average molecular weight is 461 g/mol. The molecule has 0 aliphatic carbocycles. The lowest BCUT2D eigenvalue weighted by Crippen LogP contribution is -2.17. The van der Waals surface area contributed by atoms with Crippen molar-refractivity contribution in [2.45, 2.75) is 6.61 Å². The van der Waals surface area contributed by atoms with E-state index in [0.29, 0.717) is 11.3 Å². The third-order valence-corrected chi connectivity index (χ3v) is 4.27. The molecular weight excluding hydrogens is 441 g/mol. The van der Waals surface area contributed by atoms with Gasteiger partial charge in [-0.15, -0.1) is 0 Å². The second-order valence-electron chi connectivity index (χ2n) is 6.56. The maximum absolute atomic E-state index is 13.9. The number of amides is 1. The lowest BCUT2D eigenvalue weighted by atomic mass is 10.1. The highest BCUT2D eigenvalue weighted by Crippen LogP contribution is 2.40. The summed E-state index contributed by atoms with van der Waals surface area (Å²) in [7, 11) is 3.05. The van der Waals surface area contributed by atoms with Crippen LogP contribution in [-0.4, -0.2) is 46.1 Å². The van der Waals surface area contributed by atoms with Gasteiger partial charge in [0, 0.05) is 19.3 Å². The summed E-state index contributed by atoms with van der Waals surface area (Å²) in [6.07, 6.45) is 0.617. The number of nitrogens with two attached hydrogens (primary N) is 1. The molecule has 3 aromatic rings. The van der Waals surface area contributed by atoms with Crippen molar-refractivity contribution in [2.75, 3.05) is 20.3 Å². The maximum Gasteiger partial charge on any atom is 0.411 e. The Bertz CT molecular complexity index is 1170. The normalized spacial score (nSPS) is 10.6. The van der Waals surface area contributed by atoms with E-state index in [9.17, 15) is 19.3 Å². The minimum atomic E-state index is -1.08. The molecule has 33 heavy (non-hydrogen) atoms. The zero-order chi connectivity index (χ0) is 24.0. The Morgan fingerprint density at radius 1 is 1.27 bits per heavy atom. The maximum atomic E-state index is 13.9. The van der Waals surface area contributed by atoms with E-state index in [0.717, 1.165) is 12.1 Å². The fraction of sp³-hybridized carbons (Fsp3) is 0.250. The number of hydrogen-bond donors (Lipinski definition) is 1. The molecule has 0 atom stereocenters. The number of rotatable bonds is 10. The lowest BCUT2D eigenvalue weighted by Gasteiger charge is -2.12. The predicted molar refractivity (Wildman–Crippen MR) is 111 cm³/mol. The number of primary amides is 1. The molecule has 2 heterocycles. The van der Waals surface area contributed by atoms with Crippen LogP contribution in [-0.2, 0) is 18.4 Å². The smallest absolute Gasteiger partial charge is 0.411 e. The molecule has 0 saturated carbocycles. The first-order valence-corrected chi connectivity index (χ1v) is 9.48. The van der Waals surface area contributed by atoms with Crippen LogP contribution in [0.1, 0.15) is 5.69 Å². The van der Waals surface area contributed by atoms with Crippen LogP contribution in [0.15, 0.2) is 36.5 Å². The van der Waals surface area contributed by atoms with Gasteiger partial charge in [0.15, 0.2) is 0 Å². The van der Waals surface area contributed by atoms with Crippen LogP contribution in [0, 0.1) is 15.9 Å². The van der Waals surface area contributed by atoms with Gasteiger partial charge in [-0.05, 0) is 18.2 Å². The van der Waals surface area contributed by atoms with Crippen LogP contribution in [0.3, 0.4) is 0 Å². The van der Waals surface area contributed by atoms with Gasteiger partial charge in [-0.25, -0.2) is 14.2 Å². The van der Waals surface area contributed by atoms with Crippen molar-refractivity contribution in [3.8, 4) is 28.6 Å². The third-order valence-electron chi connectivity index (χ3n) is 4.27. The SMILES string of the molecule is COc1c(-c2ccn(C)n2)cc(OCCOCc2nc(OC(N)=O)ccc2F)cc1[N+](=O)[O-]. The fourth-order valence-electron chi connectivity index (χ4n) is 2.88. The molecule has 0 aliphatic rings. The van der Waals surface area contributed by atoms with Gasteiger partial charge >= 0.3 is 11.8 Å². The Morgan fingerprint density at radius 3 is 2.70 bits per heavy atom.